The van der Waals surface area contributed by atoms with E-state index >= 15 is 0 Å². The number of allylic oxidation sites excluding steroid dienone is 2. The fraction of sp³-hybridized carbons (Fsp3) is 0.114. The molecule has 0 radical (unpaired) electrons. The quantitative estimate of drug-likeness (QED) is 0.219. The number of hydrogen-bond donors (Lipinski definition) is 0. The number of fused-ring (bicyclic) bond motifs is 3. The van der Waals surface area contributed by atoms with E-state index in [1.807, 2.05) is 12.3 Å². The molecule has 0 saturated carbocycles. The van der Waals surface area contributed by atoms with Crippen LogP contribution in [0, 0.1) is 0 Å². The second-order valence-electron chi connectivity index (χ2n) is 10.3. The average molecular weight is 552 g/mol. The average Bonchev–Trinajstić information content (AvgIpc) is 3.66. The van der Waals surface area contributed by atoms with Crippen LogP contribution < -0.4 is 0 Å². The first-order valence-electron chi connectivity index (χ1n) is 13.7. The number of aryl methyl sites for hydroxylation is 2. The molecule has 0 unspecified atom stereocenters. The van der Waals surface area contributed by atoms with Crippen molar-refractivity contribution in [3.05, 3.63) is 112 Å². The third-order valence-corrected chi connectivity index (χ3v) is 9.93. The second kappa shape index (κ2) is 9.77. The minimum Gasteiger partial charge on any atom is -0.256 e. The summed E-state index contributed by atoms with van der Waals surface area (Å²) >= 11 is 3.57. The Kier molecular flexibility index (Phi) is 5.78. The summed E-state index contributed by atoms with van der Waals surface area (Å²) in [4.78, 5) is 17.2. The van der Waals surface area contributed by atoms with Gasteiger partial charge in [0, 0.05) is 28.3 Å². The number of nitrogens with zero attached hydrogens (tertiary/aromatic N) is 3. The third kappa shape index (κ3) is 4.23. The number of rotatable bonds is 4. The molecule has 2 aliphatic rings. The van der Waals surface area contributed by atoms with Crippen LogP contribution >= 0.6 is 22.7 Å². The molecule has 0 aliphatic heterocycles. The van der Waals surface area contributed by atoms with Crippen LogP contribution in [-0.2, 0) is 12.8 Å². The maximum absolute atomic E-state index is 4.92. The Morgan fingerprint density at radius 2 is 1.15 bits per heavy atom. The van der Waals surface area contributed by atoms with E-state index in [0.717, 1.165) is 57.7 Å². The van der Waals surface area contributed by atoms with Crippen LogP contribution in [0.4, 0.5) is 0 Å². The zero-order valence-electron chi connectivity index (χ0n) is 21.8. The van der Waals surface area contributed by atoms with Gasteiger partial charge >= 0.3 is 0 Å². The monoisotopic (exact) mass is 551 g/mol. The first-order chi connectivity index (χ1) is 19.8. The van der Waals surface area contributed by atoms with E-state index in [0.29, 0.717) is 0 Å². The third-order valence-electron chi connectivity index (χ3n) is 7.70. The molecule has 3 nitrogen and oxygen atoms in total. The molecule has 192 valence electrons. The van der Waals surface area contributed by atoms with Gasteiger partial charge in [-0.1, -0.05) is 66.7 Å². The Hall–Kier alpha value is -4.19. The molecular formula is C35H25N3S2. The molecule has 0 N–H and O–H groups in total. The van der Waals surface area contributed by atoms with E-state index in [4.69, 9.17) is 15.0 Å². The highest BCUT2D eigenvalue weighted by Gasteiger charge is 2.15. The lowest BCUT2D eigenvalue weighted by molar-refractivity contribution is 0.947. The van der Waals surface area contributed by atoms with Gasteiger partial charge in [0.1, 0.15) is 10.0 Å². The summed E-state index contributed by atoms with van der Waals surface area (Å²) in [5.41, 5.74) is 10.5. The van der Waals surface area contributed by atoms with E-state index in [1.54, 1.807) is 22.7 Å². The molecule has 5 heteroatoms. The summed E-state index contributed by atoms with van der Waals surface area (Å²) in [5.74, 6) is 0. The molecule has 3 heterocycles. The van der Waals surface area contributed by atoms with Crippen molar-refractivity contribution in [1.29, 1.82) is 0 Å². The van der Waals surface area contributed by atoms with Crippen LogP contribution in [0.25, 0.3) is 66.5 Å². The molecule has 2 aliphatic carbocycles. The van der Waals surface area contributed by atoms with Gasteiger partial charge in [-0.2, -0.15) is 0 Å². The first kappa shape index (κ1) is 23.7. The Labute approximate surface area is 241 Å². The van der Waals surface area contributed by atoms with Gasteiger partial charge in [0.05, 0.1) is 26.7 Å². The molecule has 0 saturated heterocycles. The lowest BCUT2D eigenvalue weighted by Gasteiger charge is -2.11. The lowest BCUT2D eigenvalue weighted by Crippen LogP contribution is -1.91. The van der Waals surface area contributed by atoms with Crippen LogP contribution in [0.2, 0.25) is 0 Å². The summed E-state index contributed by atoms with van der Waals surface area (Å²) in [6.45, 7) is 0. The first-order valence-corrected chi connectivity index (χ1v) is 15.3. The molecular weight excluding hydrogens is 527 g/mol. The zero-order chi connectivity index (χ0) is 26.5. The molecule has 3 aromatic heterocycles. The number of thiazole rings is 2. The lowest BCUT2D eigenvalue weighted by atomic mass is 9.95. The molecule has 6 aromatic rings. The van der Waals surface area contributed by atoms with E-state index in [9.17, 15) is 0 Å². The predicted molar refractivity (Wildman–Crippen MR) is 170 cm³/mol. The van der Waals surface area contributed by atoms with E-state index in [2.05, 4.69) is 91.0 Å². The van der Waals surface area contributed by atoms with Crippen LogP contribution in [-0.4, -0.2) is 15.0 Å². The Balaban J connectivity index is 1.15. The van der Waals surface area contributed by atoms with Gasteiger partial charge in [-0.15, -0.1) is 22.7 Å². The van der Waals surface area contributed by atoms with Crippen molar-refractivity contribution in [2.75, 3.05) is 0 Å². The fourth-order valence-electron chi connectivity index (χ4n) is 5.59. The molecule has 0 atom stereocenters. The van der Waals surface area contributed by atoms with Gasteiger partial charge in [-0.05, 0) is 72.7 Å². The van der Waals surface area contributed by atoms with Gasteiger partial charge < -0.3 is 0 Å². The smallest absolute Gasteiger partial charge is 0.124 e. The maximum Gasteiger partial charge on any atom is 0.124 e. The van der Waals surface area contributed by atoms with Crippen LogP contribution in [0.5, 0.6) is 0 Å². The van der Waals surface area contributed by atoms with Gasteiger partial charge in [0.2, 0.25) is 0 Å². The second-order valence-corrected chi connectivity index (χ2v) is 12.4. The predicted octanol–water partition coefficient (Wildman–Crippen LogP) is 9.73. The highest BCUT2D eigenvalue weighted by atomic mass is 32.1. The van der Waals surface area contributed by atoms with Gasteiger partial charge in [-0.3, -0.25) is 4.98 Å². The summed E-state index contributed by atoms with van der Waals surface area (Å²) in [7, 11) is 0. The number of hydrogen-bond acceptors (Lipinski definition) is 5. The molecule has 0 amide bonds. The molecule has 0 fully saturated rings. The van der Waals surface area contributed by atoms with Crippen molar-refractivity contribution in [3.8, 4) is 43.4 Å². The van der Waals surface area contributed by atoms with E-state index in [-0.39, 0.29) is 0 Å². The molecule has 8 rings (SSSR count). The fourth-order valence-corrected chi connectivity index (χ4v) is 7.69. The van der Waals surface area contributed by atoms with Crippen molar-refractivity contribution in [1.82, 2.24) is 15.0 Å². The van der Waals surface area contributed by atoms with Crippen molar-refractivity contribution in [2.45, 2.75) is 25.7 Å². The van der Waals surface area contributed by atoms with E-state index < -0.39 is 0 Å². The van der Waals surface area contributed by atoms with Crippen LogP contribution in [0.15, 0.2) is 91.1 Å². The summed E-state index contributed by atoms with van der Waals surface area (Å²) in [6.07, 6.45) is 15.0. The van der Waals surface area contributed by atoms with Crippen LogP contribution in [0.1, 0.15) is 34.0 Å². The zero-order valence-corrected chi connectivity index (χ0v) is 23.4. The molecule has 3 aromatic carbocycles. The normalized spacial score (nSPS) is 13.9. The topological polar surface area (TPSA) is 38.7 Å². The number of benzene rings is 3. The largest absolute Gasteiger partial charge is 0.256 e. The van der Waals surface area contributed by atoms with Gasteiger partial charge in [0.15, 0.2) is 0 Å². The Bertz CT molecular complexity index is 1940. The minimum atomic E-state index is 1.02. The summed E-state index contributed by atoms with van der Waals surface area (Å²) < 4.78 is 0. The Morgan fingerprint density at radius 1 is 0.575 bits per heavy atom. The number of pyridine rings is 1. The van der Waals surface area contributed by atoms with Crippen molar-refractivity contribution >= 4 is 45.7 Å². The minimum absolute atomic E-state index is 1.02. The van der Waals surface area contributed by atoms with Gasteiger partial charge in [0.25, 0.3) is 0 Å². The van der Waals surface area contributed by atoms with Crippen molar-refractivity contribution in [2.24, 2.45) is 0 Å². The van der Waals surface area contributed by atoms with Crippen LogP contribution in [0.3, 0.4) is 0 Å². The van der Waals surface area contributed by atoms with E-state index in [1.165, 1.54) is 43.4 Å². The Morgan fingerprint density at radius 3 is 1.75 bits per heavy atom. The SMILES string of the molecule is C1=Cc2sc(-c3ccc(-c4cc(-c5ccc(-c6nc7c(s6)C=CCC7)cc5)c5ncccc5c4)cc3)nc2CC1. The highest BCUT2D eigenvalue weighted by molar-refractivity contribution is 7.16. The molecule has 0 bridgehead atoms. The molecule has 40 heavy (non-hydrogen) atoms. The highest BCUT2D eigenvalue weighted by Crippen LogP contribution is 2.37. The number of aromatic nitrogens is 3. The standard InChI is InChI=1S/C35H25N3S2/c1-3-9-31-29(7-1)37-34(39-31)24-15-11-22(12-16-24)27-20-26-6-5-19-36-33(26)28(21-27)23-13-17-25(18-14-23)35-38-30-8-2-4-10-32(30)40-35/h3-6,9-21H,1-2,7-8H2. The summed E-state index contributed by atoms with van der Waals surface area (Å²) in [6, 6.07) is 26.3. The summed E-state index contributed by atoms with van der Waals surface area (Å²) in [5, 5.41) is 3.34. The van der Waals surface area contributed by atoms with Crippen molar-refractivity contribution in [3.63, 3.8) is 0 Å². The maximum atomic E-state index is 4.92. The van der Waals surface area contributed by atoms with Gasteiger partial charge in [-0.25, -0.2) is 9.97 Å². The van der Waals surface area contributed by atoms with Crippen molar-refractivity contribution < 1.29 is 0 Å². The molecule has 0 spiro atoms.